The Morgan fingerprint density at radius 1 is 0.768 bits per heavy atom. The molecule has 1 aliphatic carbocycles. The van der Waals surface area contributed by atoms with Crippen LogP contribution in [0.25, 0.3) is 5.57 Å². The summed E-state index contributed by atoms with van der Waals surface area (Å²) in [6, 6.07) is 14.7. The Bertz CT molecular complexity index is 2630. The number of hydrogen-bond donors (Lipinski definition) is 3. The average Bonchev–Trinajstić information content (AvgIpc) is 3.07. The van der Waals surface area contributed by atoms with E-state index in [2.05, 4.69) is 17.4 Å². The molecule has 11 nitrogen and oxygen atoms in total. The van der Waals surface area contributed by atoms with Crippen molar-refractivity contribution >= 4 is 54.3 Å². The Hall–Kier alpha value is -5.21. The van der Waals surface area contributed by atoms with Crippen LogP contribution in [0.1, 0.15) is 83.7 Å². The fourth-order valence-corrected chi connectivity index (χ4v) is 9.14. The molecule has 0 heterocycles. The third-order valence-electron chi connectivity index (χ3n) is 9.91. The zero-order valence-corrected chi connectivity index (χ0v) is 34.8. The lowest BCUT2D eigenvalue weighted by Gasteiger charge is -2.23. The monoisotopic (exact) mass is 797 g/mol. The van der Waals surface area contributed by atoms with Gasteiger partial charge < -0.3 is 5.32 Å². The number of benzene rings is 4. The van der Waals surface area contributed by atoms with Crippen LogP contribution in [0.15, 0.2) is 98.8 Å². The molecule has 0 fully saturated rings. The first-order chi connectivity index (χ1) is 26.0. The number of aliphatic imine (C=N–C) groups is 1. The van der Waals surface area contributed by atoms with Crippen LogP contribution in [-0.2, 0) is 20.2 Å². The summed E-state index contributed by atoms with van der Waals surface area (Å²) >= 11 is 0. The molecule has 4 aromatic carbocycles. The number of nitro groups is 1. The molecular formula is C43H47N3O8S2. The Labute approximate surface area is 329 Å². The van der Waals surface area contributed by atoms with Crippen molar-refractivity contribution in [3.63, 3.8) is 0 Å². The molecule has 0 aromatic heterocycles. The maximum Gasteiger partial charge on any atom is 0.295 e. The third kappa shape index (κ3) is 8.61. The summed E-state index contributed by atoms with van der Waals surface area (Å²) in [5.41, 5.74) is 10.2. The number of nitro benzene ring substituents is 1. The molecule has 0 spiro atoms. The highest BCUT2D eigenvalue weighted by Crippen LogP contribution is 2.41. The highest BCUT2D eigenvalue weighted by atomic mass is 32.2. The van der Waals surface area contributed by atoms with Gasteiger partial charge in [-0.2, -0.15) is 16.8 Å². The minimum Gasteiger partial charge on any atom is -0.355 e. The van der Waals surface area contributed by atoms with Gasteiger partial charge in [-0.25, -0.2) is 4.99 Å². The van der Waals surface area contributed by atoms with Crippen molar-refractivity contribution in [1.82, 2.24) is 0 Å². The van der Waals surface area contributed by atoms with Crippen LogP contribution in [0.3, 0.4) is 0 Å². The van der Waals surface area contributed by atoms with E-state index >= 15 is 0 Å². The summed E-state index contributed by atoms with van der Waals surface area (Å²) in [5, 5.41) is 15.2. The van der Waals surface area contributed by atoms with E-state index in [-0.39, 0.29) is 22.3 Å². The number of aryl methyl sites for hydroxylation is 5. The second-order valence-electron chi connectivity index (χ2n) is 15.0. The van der Waals surface area contributed by atoms with Gasteiger partial charge in [0.25, 0.3) is 25.9 Å². The summed E-state index contributed by atoms with van der Waals surface area (Å²) in [7, 11) is -9.49. The summed E-state index contributed by atoms with van der Waals surface area (Å²) in [6.07, 6.45) is 5.63. The normalized spacial score (nSPS) is 15.1. The Balaban J connectivity index is 1.81. The maximum absolute atomic E-state index is 13.0. The van der Waals surface area contributed by atoms with Gasteiger partial charge in [-0.3, -0.25) is 19.2 Å². The molecule has 1 aliphatic rings. The van der Waals surface area contributed by atoms with Crippen molar-refractivity contribution < 1.29 is 30.9 Å². The van der Waals surface area contributed by atoms with Gasteiger partial charge in [0.1, 0.15) is 9.79 Å². The molecule has 13 heteroatoms. The van der Waals surface area contributed by atoms with Crippen LogP contribution >= 0.6 is 0 Å². The average molecular weight is 798 g/mol. The number of nitrogens with one attached hydrogen (secondary N) is 1. The summed E-state index contributed by atoms with van der Waals surface area (Å²) in [4.78, 5) is 15.3. The fraction of sp³-hybridized carbons (Fsp3) is 0.279. The number of non-ortho nitro benzene ring substituents is 1. The van der Waals surface area contributed by atoms with Crippen molar-refractivity contribution in [3.8, 4) is 0 Å². The minimum absolute atomic E-state index is 0.0228. The molecule has 5 rings (SSSR count). The van der Waals surface area contributed by atoms with E-state index in [1.807, 2.05) is 79.7 Å². The first kappa shape index (κ1) is 41.9. The van der Waals surface area contributed by atoms with Gasteiger partial charge in [-0.05, 0) is 139 Å². The van der Waals surface area contributed by atoms with Gasteiger partial charge in [0.05, 0.1) is 16.3 Å². The molecule has 4 aromatic rings. The largest absolute Gasteiger partial charge is 0.355 e. The van der Waals surface area contributed by atoms with Crippen molar-refractivity contribution in [2.75, 3.05) is 5.32 Å². The zero-order valence-electron chi connectivity index (χ0n) is 33.1. The lowest BCUT2D eigenvalue weighted by Crippen LogP contribution is -2.12. The van der Waals surface area contributed by atoms with Crippen LogP contribution in [0.5, 0.6) is 0 Å². The van der Waals surface area contributed by atoms with Gasteiger partial charge in [0.15, 0.2) is 0 Å². The van der Waals surface area contributed by atoms with E-state index in [1.54, 1.807) is 32.0 Å². The standard InChI is InChI=1S/C43H47N3O8S2/c1-23(2)35-20-31(11-15-37(35)44-41-26(6)17-25(5)18-27(41)7)40(34-14-13-33(46(47)48)22-39(34)55(49,50)51)32-12-16-38(36(21-32)24(3)4)45-42-28(8)19-29(9)43(30(42)10)56(52,53)54/h11-24,45H,1-10H3,(H,49,50,51)(H,52,53,54). The van der Waals surface area contributed by atoms with Gasteiger partial charge in [0.2, 0.25) is 0 Å². The molecule has 294 valence electrons. The van der Waals surface area contributed by atoms with Crippen LogP contribution in [0.4, 0.5) is 22.7 Å². The SMILES string of the molecule is Cc1cc(C)c(N=C2C=CC(=C(c3ccc(Nc4c(C)cc(C)c(S(=O)(=O)O)c4C)c(C(C)C)c3)c3ccc([N+](=O)[O-])cc3S(=O)(=O)O)C=C2C(C)C)c(C)c1. The van der Waals surface area contributed by atoms with E-state index in [4.69, 9.17) is 4.99 Å². The lowest BCUT2D eigenvalue weighted by molar-refractivity contribution is -0.385. The summed E-state index contributed by atoms with van der Waals surface area (Å²) in [6.45, 7) is 19.1. The minimum atomic E-state index is -4.97. The number of anilines is 2. The van der Waals surface area contributed by atoms with E-state index < -0.39 is 35.7 Å². The fourth-order valence-electron chi connectivity index (χ4n) is 7.47. The van der Waals surface area contributed by atoms with Crippen molar-refractivity contribution in [3.05, 3.63) is 144 Å². The Morgan fingerprint density at radius 2 is 1.41 bits per heavy atom. The van der Waals surface area contributed by atoms with Crippen molar-refractivity contribution in [2.24, 2.45) is 10.9 Å². The molecule has 0 unspecified atom stereocenters. The molecule has 3 N–H and O–H groups in total. The molecule has 0 amide bonds. The molecule has 0 bridgehead atoms. The predicted molar refractivity (Wildman–Crippen MR) is 223 cm³/mol. The van der Waals surface area contributed by atoms with Gasteiger partial charge in [-0.1, -0.05) is 63.6 Å². The first-order valence-electron chi connectivity index (χ1n) is 18.1. The highest BCUT2D eigenvalue weighted by Gasteiger charge is 2.27. The maximum atomic E-state index is 13.0. The Morgan fingerprint density at radius 3 is 1.96 bits per heavy atom. The molecule has 0 radical (unpaired) electrons. The summed E-state index contributed by atoms with van der Waals surface area (Å²) in [5.74, 6) is -0.137. The van der Waals surface area contributed by atoms with Crippen LogP contribution in [-0.4, -0.2) is 36.6 Å². The molecule has 0 saturated carbocycles. The van der Waals surface area contributed by atoms with Gasteiger partial charge in [-0.15, -0.1) is 0 Å². The third-order valence-corrected chi connectivity index (χ3v) is 11.9. The first-order valence-corrected chi connectivity index (χ1v) is 20.9. The summed E-state index contributed by atoms with van der Waals surface area (Å²) < 4.78 is 71.2. The number of nitrogens with zero attached hydrogens (tertiary/aromatic N) is 2. The van der Waals surface area contributed by atoms with Gasteiger partial charge >= 0.3 is 0 Å². The second kappa shape index (κ2) is 15.7. The van der Waals surface area contributed by atoms with Crippen LogP contribution in [0, 0.1) is 57.6 Å². The van der Waals surface area contributed by atoms with E-state index in [1.165, 1.54) is 12.1 Å². The lowest BCUT2D eigenvalue weighted by atomic mass is 9.84. The number of allylic oxidation sites excluding steroid dienone is 5. The smallest absolute Gasteiger partial charge is 0.295 e. The molecule has 0 aliphatic heterocycles. The zero-order chi connectivity index (χ0) is 41.6. The molecular weight excluding hydrogens is 751 g/mol. The number of rotatable bonds is 10. The predicted octanol–water partition coefficient (Wildman–Crippen LogP) is 10.5. The van der Waals surface area contributed by atoms with Crippen LogP contribution < -0.4 is 5.32 Å². The van der Waals surface area contributed by atoms with E-state index in [0.29, 0.717) is 39.2 Å². The van der Waals surface area contributed by atoms with Gasteiger partial charge in [0, 0.05) is 29.1 Å². The van der Waals surface area contributed by atoms with E-state index in [0.717, 1.165) is 50.9 Å². The van der Waals surface area contributed by atoms with Crippen molar-refractivity contribution in [1.29, 1.82) is 0 Å². The highest BCUT2D eigenvalue weighted by molar-refractivity contribution is 7.86. The number of hydrogen-bond acceptors (Lipinski definition) is 8. The topological polar surface area (TPSA) is 176 Å². The molecule has 56 heavy (non-hydrogen) atoms. The van der Waals surface area contributed by atoms with Crippen molar-refractivity contribution in [2.45, 2.75) is 84.9 Å². The quantitative estimate of drug-likeness (QED) is 0.0800. The Kier molecular flexibility index (Phi) is 11.8. The second-order valence-corrected chi connectivity index (χ2v) is 17.7. The molecule has 0 atom stereocenters. The molecule has 0 saturated heterocycles. The van der Waals surface area contributed by atoms with Crippen LogP contribution in [0.2, 0.25) is 0 Å². The van der Waals surface area contributed by atoms with E-state index in [9.17, 15) is 36.1 Å².